The third kappa shape index (κ3) is 11.5. The summed E-state index contributed by atoms with van der Waals surface area (Å²) >= 11 is 0. The highest BCUT2D eigenvalue weighted by atomic mass is 16.5. The SMILES string of the molecule is C=CC(=O)N(CCC(N)=O)NC(=O)C(CC1CCCCC1)NC(=O)[C@@H](NC(=O)O)[C@@H](C)OC(C)(C)C. The van der Waals surface area contributed by atoms with Crippen molar-refractivity contribution in [1.82, 2.24) is 21.1 Å². The van der Waals surface area contributed by atoms with E-state index in [4.69, 9.17) is 10.5 Å². The molecule has 0 spiro atoms. The van der Waals surface area contributed by atoms with Crippen LogP contribution in [0.3, 0.4) is 0 Å². The number of carboxylic acid groups (broad SMARTS) is 1. The van der Waals surface area contributed by atoms with E-state index in [-0.39, 0.29) is 18.9 Å². The van der Waals surface area contributed by atoms with Gasteiger partial charge >= 0.3 is 6.09 Å². The summed E-state index contributed by atoms with van der Waals surface area (Å²) in [4.78, 5) is 61.2. The van der Waals surface area contributed by atoms with E-state index in [0.29, 0.717) is 6.42 Å². The van der Waals surface area contributed by atoms with Gasteiger partial charge in [-0.2, -0.15) is 0 Å². The standard InChI is InChI=1S/C24H41N5O7/c1-6-19(31)29(13-12-18(25)30)28-21(32)17(14-16-10-8-7-9-11-16)26-22(33)20(27-23(34)35)15(2)36-24(3,4)5/h6,15-17,20,27H,1,7-14H2,2-5H3,(H2,25,30)(H,26,33)(H,28,32)(H,34,35)/t15-,17?,20+/m1/s1. The largest absolute Gasteiger partial charge is 0.465 e. The molecular weight excluding hydrogens is 470 g/mol. The molecule has 0 aromatic carbocycles. The van der Waals surface area contributed by atoms with Crippen molar-refractivity contribution in [2.75, 3.05) is 6.54 Å². The van der Waals surface area contributed by atoms with Crippen LogP contribution in [0.15, 0.2) is 12.7 Å². The quantitative estimate of drug-likeness (QED) is 0.193. The molecule has 6 N–H and O–H groups in total. The first-order chi connectivity index (χ1) is 16.7. The summed E-state index contributed by atoms with van der Waals surface area (Å²) in [6.45, 7) is 10.1. The van der Waals surface area contributed by atoms with Crippen molar-refractivity contribution in [1.29, 1.82) is 0 Å². The number of hydrazine groups is 1. The lowest BCUT2D eigenvalue weighted by molar-refractivity contribution is -0.141. The van der Waals surface area contributed by atoms with Crippen LogP contribution in [0.5, 0.6) is 0 Å². The van der Waals surface area contributed by atoms with E-state index in [2.05, 4.69) is 22.6 Å². The van der Waals surface area contributed by atoms with Crippen molar-refractivity contribution < 1.29 is 33.8 Å². The first-order valence-electron chi connectivity index (χ1n) is 12.2. The van der Waals surface area contributed by atoms with E-state index in [1.165, 1.54) is 0 Å². The zero-order valence-corrected chi connectivity index (χ0v) is 21.7. The number of ether oxygens (including phenoxy) is 1. The summed E-state index contributed by atoms with van der Waals surface area (Å²) in [7, 11) is 0. The van der Waals surface area contributed by atoms with Crippen LogP contribution in [0, 0.1) is 5.92 Å². The van der Waals surface area contributed by atoms with Gasteiger partial charge in [0.15, 0.2) is 0 Å². The van der Waals surface area contributed by atoms with Crippen LogP contribution in [0.2, 0.25) is 0 Å². The van der Waals surface area contributed by atoms with E-state index < -0.39 is 53.5 Å². The molecule has 1 aliphatic carbocycles. The number of nitrogens with one attached hydrogen (secondary N) is 3. The third-order valence-corrected chi connectivity index (χ3v) is 5.76. The number of hydrogen-bond acceptors (Lipinski definition) is 6. The second-order valence-corrected chi connectivity index (χ2v) is 10.0. The van der Waals surface area contributed by atoms with Crippen molar-refractivity contribution in [3.05, 3.63) is 12.7 Å². The number of carbonyl (C=O) groups excluding carboxylic acids is 4. The minimum absolute atomic E-state index is 0.165. The molecule has 12 heteroatoms. The van der Waals surface area contributed by atoms with E-state index in [1.54, 1.807) is 27.7 Å². The van der Waals surface area contributed by atoms with Gasteiger partial charge in [-0.1, -0.05) is 38.7 Å². The summed E-state index contributed by atoms with van der Waals surface area (Å²) in [5, 5.41) is 15.0. The Labute approximate surface area is 212 Å². The Kier molecular flexibility index (Phi) is 12.4. The Bertz CT molecular complexity index is 805. The molecule has 0 aromatic rings. The number of amides is 5. The lowest BCUT2D eigenvalue weighted by Crippen LogP contribution is -2.60. The van der Waals surface area contributed by atoms with E-state index >= 15 is 0 Å². The van der Waals surface area contributed by atoms with Gasteiger partial charge in [0.25, 0.3) is 11.8 Å². The number of hydrogen-bond donors (Lipinski definition) is 5. The first-order valence-corrected chi connectivity index (χ1v) is 12.2. The maximum Gasteiger partial charge on any atom is 0.405 e. The summed E-state index contributed by atoms with van der Waals surface area (Å²) < 4.78 is 5.78. The van der Waals surface area contributed by atoms with Gasteiger partial charge in [0, 0.05) is 6.42 Å². The maximum absolute atomic E-state index is 13.2. The molecular formula is C24H41N5O7. The molecule has 0 radical (unpaired) electrons. The van der Waals surface area contributed by atoms with Crippen LogP contribution >= 0.6 is 0 Å². The molecule has 12 nitrogen and oxygen atoms in total. The maximum atomic E-state index is 13.2. The summed E-state index contributed by atoms with van der Waals surface area (Å²) in [6, 6.07) is -2.35. The van der Waals surface area contributed by atoms with Gasteiger partial charge in [0.2, 0.25) is 11.8 Å². The van der Waals surface area contributed by atoms with Gasteiger partial charge in [0.1, 0.15) is 12.1 Å². The van der Waals surface area contributed by atoms with Crippen LogP contribution in [-0.2, 0) is 23.9 Å². The minimum Gasteiger partial charge on any atom is -0.465 e. The second-order valence-electron chi connectivity index (χ2n) is 10.0. The zero-order valence-electron chi connectivity index (χ0n) is 21.7. The fourth-order valence-electron chi connectivity index (χ4n) is 4.17. The Morgan fingerprint density at radius 1 is 1.11 bits per heavy atom. The zero-order chi connectivity index (χ0) is 27.5. The van der Waals surface area contributed by atoms with Gasteiger partial charge in [-0.25, -0.2) is 9.80 Å². The molecule has 1 saturated carbocycles. The molecule has 5 amide bonds. The first kappa shape index (κ1) is 30.9. The van der Waals surface area contributed by atoms with Gasteiger partial charge in [-0.05, 0) is 46.1 Å². The number of primary amides is 1. The van der Waals surface area contributed by atoms with E-state index in [1.807, 2.05) is 0 Å². The predicted octanol–water partition coefficient (Wildman–Crippen LogP) is 1.20. The van der Waals surface area contributed by atoms with Gasteiger partial charge in [0.05, 0.1) is 18.2 Å². The topological polar surface area (TPSA) is 180 Å². The number of nitrogens with two attached hydrogens (primary N) is 1. The molecule has 0 heterocycles. The van der Waals surface area contributed by atoms with Gasteiger partial charge in [-0.15, -0.1) is 0 Å². The highest BCUT2D eigenvalue weighted by Crippen LogP contribution is 2.27. The highest BCUT2D eigenvalue weighted by molar-refractivity contribution is 5.93. The van der Waals surface area contributed by atoms with E-state index in [0.717, 1.165) is 43.2 Å². The third-order valence-electron chi connectivity index (χ3n) is 5.76. The van der Waals surface area contributed by atoms with Crippen molar-refractivity contribution in [3.63, 3.8) is 0 Å². The summed E-state index contributed by atoms with van der Waals surface area (Å²) in [5.41, 5.74) is 6.97. The Morgan fingerprint density at radius 2 is 1.72 bits per heavy atom. The van der Waals surface area contributed by atoms with Crippen LogP contribution in [0.1, 0.15) is 72.6 Å². The smallest absolute Gasteiger partial charge is 0.405 e. The number of nitrogens with zero attached hydrogens (tertiary/aromatic N) is 1. The molecule has 1 rings (SSSR count). The molecule has 0 saturated heterocycles. The Hall–Kier alpha value is -3.15. The van der Waals surface area contributed by atoms with Crippen molar-refractivity contribution in [2.45, 2.75) is 96.4 Å². The van der Waals surface area contributed by atoms with Crippen molar-refractivity contribution in [2.24, 2.45) is 11.7 Å². The fourth-order valence-corrected chi connectivity index (χ4v) is 4.17. The monoisotopic (exact) mass is 511 g/mol. The molecule has 1 aliphatic rings. The normalized spacial score (nSPS) is 16.7. The van der Waals surface area contributed by atoms with Crippen molar-refractivity contribution in [3.8, 4) is 0 Å². The molecule has 3 atom stereocenters. The Balaban J connectivity index is 3.12. The van der Waals surface area contributed by atoms with Crippen molar-refractivity contribution >= 4 is 29.7 Å². The predicted molar refractivity (Wildman–Crippen MR) is 132 cm³/mol. The molecule has 36 heavy (non-hydrogen) atoms. The second kappa shape index (κ2) is 14.4. The minimum atomic E-state index is -1.41. The van der Waals surface area contributed by atoms with Crippen LogP contribution in [0.4, 0.5) is 4.79 Å². The summed E-state index contributed by atoms with van der Waals surface area (Å²) in [5.74, 6) is -2.55. The van der Waals surface area contributed by atoms with Gasteiger partial charge in [-0.3, -0.25) is 24.6 Å². The molecule has 0 bridgehead atoms. The molecule has 204 valence electrons. The highest BCUT2D eigenvalue weighted by Gasteiger charge is 2.34. The van der Waals surface area contributed by atoms with Crippen LogP contribution in [0.25, 0.3) is 0 Å². The van der Waals surface area contributed by atoms with Crippen LogP contribution in [-0.4, -0.2) is 70.2 Å². The molecule has 1 unspecified atom stereocenters. The Morgan fingerprint density at radius 3 is 2.22 bits per heavy atom. The average Bonchev–Trinajstić information content (AvgIpc) is 2.78. The lowest BCUT2D eigenvalue weighted by atomic mass is 9.84. The van der Waals surface area contributed by atoms with Gasteiger partial charge < -0.3 is 26.2 Å². The average molecular weight is 512 g/mol. The number of carbonyl (C=O) groups is 5. The molecule has 0 aliphatic heterocycles. The summed E-state index contributed by atoms with van der Waals surface area (Å²) in [6.07, 6.45) is 3.72. The van der Waals surface area contributed by atoms with E-state index in [9.17, 15) is 29.1 Å². The molecule has 0 aromatic heterocycles. The molecule has 1 fully saturated rings. The number of rotatable bonds is 12. The van der Waals surface area contributed by atoms with Crippen LogP contribution < -0.4 is 21.8 Å². The fraction of sp³-hybridized carbons (Fsp3) is 0.708. The lowest BCUT2D eigenvalue weighted by Gasteiger charge is -2.32.